The van der Waals surface area contributed by atoms with E-state index in [9.17, 15) is 9.90 Å². The molecule has 0 saturated carbocycles. The zero-order valence-corrected chi connectivity index (χ0v) is 35.3. The summed E-state index contributed by atoms with van der Waals surface area (Å²) in [6.07, 6.45) is 40.1. The average Bonchev–Trinajstić information content (AvgIpc) is 3.12. The van der Waals surface area contributed by atoms with Crippen LogP contribution in [-0.4, -0.2) is 55.1 Å². The molecule has 5 heteroatoms. The third kappa shape index (κ3) is 28.5. The number of carbonyl (C=O) groups excluding carboxylic acids is 1. The van der Waals surface area contributed by atoms with E-state index in [2.05, 4.69) is 32.7 Å². The Kier molecular flexibility index (Phi) is 32.1. The highest BCUT2D eigenvalue weighted by Crippen LogP contribution is 2.31. The predicted molar refractivity (Wildman–Crippen MR) is 220 cm³/mol. The maximum absolute atomic E-state index is 12.8. The van der Waals surface area contributed by atoms with Crippen LogP contribution in [0.2, 0.25) is 0 Å². The molecule has 51 heavy (non-hydrogen) atoms. The molecule has 1 aliphatic heterocycles. The Hall–Kier alpha value is -0.650. The van der Waals surface area contributed by atoms with Crippen molar-refractivity contribution in [3.8, 4) is 0 Å². The van der Waals surface area contributed by atoms with Crippen LogP contribution >= 0.6 is 0 Å². The second-order valence-corrected chi connectivity index (χ2v) is 17.0. The van der Waals surface area contributed by atoms with Crippen molar-refractivity contribution in [1.82, 2.24) is 4.90 Å². The van der Waals surface area contributed by atoms with E-state index in [0.29, 0.717) is 25.6 Å². The van der Waals surface area contributed by atoms with Crippen molar-refractivity contribution in [3.63, 3.8) is 0 Å². The monoisotopic (exact) mass is 722 g/mol. The summed E-state index contributed by atoms with van der Waals surface area (Å²) in [5, 5.41) is 11.2. The normalized spacial score (nSPS) is 16.1. The van der Waals surface area contributed by atoms with Crippen LogP contribution in [0.5, 0.6) is 0 Å². The molecule has 1 aliphatic rings. The van der Waals surface area contributed by atoms with Gasteiger partial charge in [-0.3, -0.25) is 4.79 Å². The number of rotatable bonds is 37. The molecule has 304 valence electrons. The van der Waals surface area contributed by atoms with Crippen LogP contribution in [0.25, 0.3) is 0 Å². The molecule has 0 aromatic heterocycles. The van der Waals surface area contributed by atoms with Crippen molar-refractivity contribution in [2.24, 2.45) is 17.8 Å². The third-order valence-corrected chi connectivity index (χ3v) is 12.0. The molecule has 1 heterocycles. The van der Waals surface area contributed by atoms with Gasteiger partial charge in [-0.05, 0) is 83.8 Å². The van der Waals surface area contributed by atoms with Crippen molar-refractivity contribution in [3.05, 3.63) is 0 Å². The van der Waals surface area contributed by atoms with E-state index in [4.69, 9.17) is 9.47 Å². The van der Waals surface area contributed by atoms with Crippen LogP contribution in [0.1, 0.15) is 233 Å². The van der Waals surface area contributed by atoms with Crippen molar-refractivity contribution in [2.75, 3.05) is 33.4 Å². The molecule has 0 aromatic carbocycles. The fourth-order valence-corrected chi connectivity index (χ4v) is 8.21. The molecule has 1 rings (SSSR count). The Balaban J connectivity index is 2.43. The summed E-state index contributed by atoms with van der Waals surface area (Å²) in [4.78, 5) is 15.1. The number of piperidine rings is 1. The molecular formula is C46H91NO4. The summed E-state index contributed by atoms with van der Waals surface area (Å²) in [5.41, 5.74) is 0. The largest absolute Gasteiger partial charge is 0.466 e. The maximum Gasteiger partial charge on any atom is 0.305 e. The molecule has 0 spiro atoms. The Labute approximate surface area is 319 Å². The van der Waals surface area contributed by atoms with Gasteiger partial charge in [0.2, 0.25) is 0 Å². The Bertz CT molecular complexity index is 732. The van der Waals surface area contributed by atoms with Gasteiger partial charge in [0.05, 0.1) is 13.2 Å². The van der Waals surface area contributed by atoms with Gasteiger partial charge in [-0.15, -0.1) is 0 Å². The van der Waals surface area contributed by atoms with Gasteiger partial charge in [0, 0.05) is 12.3 Å². The van der Waals surface area contributed by atoms with Crippen LogP contribution in [0, 0.1) is 17.8 Å². The van der Waals surface area contributed by atoms with Gasteiger partial charge >= 0.3 is 5.97 Å². The molecule has 0 bridgehead atoms. The summed E-state index contributed by atoms with van der Waals surface area (Å²) >= 11 is 0. The Morgan fingerprint density at radius 3 is 1.47 bits per heavy atom. The molecule has 0 aromatic rings. The van der Waals surface area contributed by atoms with E-state index >= 15 is 0 Å². The number of likely N-dealkylation sites (tertiary alicyclic amines) is 1. The van der Waals surface area contributed by atoms with Gasteiger partial charge < -0.3 is 19.5 Å². The molecule has 1 N–H and O–H groups in total. The minimum absolute atomic E-state index is 0.0317. The van der Waals surface area contributed by atoms with Crippen molar-refractivity contribution >= 4 is 5.97 Å². The van der Waals surface area contributed by atoms with Gasteiger partial charge in [-0.25, -0.2) is 0 Å². The first-order valence-corrected chi connectivity index (χ1v) is 23.0. The number of hydrogen-bond donors (Lipinski definition) is 1. The molecule has 0 aliphatic carbocycles. The summed E-state index contributed by atoms with van der Waals surface area (Å²) in [5.74, 6) is 0.265. The molecule has 0 amide bonds. The third-order valence-electron chi connectivity index (χ3n) is 12.0. The summed E-state index contributed by atoms with van der Waals surface area (Å²) in [7, 11) is 2.16. The van der Waals surface area contributed by atoms with Crippen molar-refractivity contribution in [2.45, 2.75) is 239 Å². The van der Waals surface area contributed by atoms with Gasteiger partial charge in [0.25, 0.3) is 0 Å². The highest BCUT2D eigenvalue weighted by molar-refractivity contribution is 5.69. The first kappa shape index (κ1) is 48.4. The smallest absolute Gasteiger partial charge is 0.305 e. The number of hydrogen-bond acceptors (Lipinski definition) is 5. The number of nitrogens with zero attached hydrogens (tertiary/aromatic N) is 1. The van der Waals surface area contributed by atoms with E-state index in [1.807, 2.05) is 6.92 Å². The topological polar surface area (TPSA) is 59.0 Å². The fraction of sp³-hybridized carbons (Fsp3) is 0.978. The number of unbranched alkanes of at least 4 members (excludes halogenated alkanes) is 19. The first-order chi connectivity index (χ1) is 24.8. The Morgan fingerprint density at radius 1 is 0.608 bits per heavy atom. The molecule has 0 radical (unpaired) electrons. The second kappa shape index (κ2) is 33.9. The SMILES string of the molecule is CCCCCCCCCCC(CCCC(=O)OCCCC(CCCCCCCCC)CCCCCCCCC)COC(C)(O)C1CCN(C)CC1. The molecule has 5 nitrogen and oxygen atoms in total. The number of carbonyl (C=O) groups is 1. The molecule has 2 atom stereocenters. The fourth-order valence-electron chi connectivity index (χ4n) is 8.21. The minimum Gasteiger partial charge on any atom is -0.466 e. The molecule has 1 saturated heterocycles. The van der Waals surface area contributed by atoms with Crippen LogP contribution in [-0.2, 0) is 14.3 Å². The average molecular weight is 722 g/mol. The van der Waals surface area contributed by atoms with Gasteiger partial charge in [-0.1, -0.05) is 175 Å². The summed E-state index contributed by atoms with van der Waals surface area (Å²) in [6, 6.07) is 0. The van der Waals surface area contributed by atoms with Crippen LogP contribution in [0.4, 0.5) is 0 Å². The predicted octanol–water partition coefficient (Wildman–Crippen LogP) is 13.6. The summed E-state index contributed by atoms with van der Waals surface area (Å²) in [6.45, 7) is 11.9. The zero-order valence-electron chi connectivity index (χ0n) is 35.3. The lowest BCUT2D eigenvalue weighted by molar-refractivity contribution is -0.237. The quantitative estimate of drug-likeness (QED) is 0.0393. The highest BCUT2D eigenvalue weighted by Gasteiger charge is 2.35. The van der Waals surface area contributed by atoms with Crippen molar-refractivity contribution < 1.29 is 19.4 Å². The van der Waals surface area contributed by atoms with Crippen molar-refractivity contribution in [1.29, 1.82) is 0 Å². The number of ether oxygens (including phenoxy) is 2. The highest BCUT2D eigenvalue weighted by atomic mass is 16.6. The van der Waals surface area contributed by atoms with E-state index in [1.54, 1.807) is 0 Å². The maximum atomic E-state index is 12.8. The Morgan fingerprint density at radius 2 is 1.00 bits per heavy atom. The first-order valence-electron chi connectivity index (χ1n) is 23.0. The molecule has 2 unspecified atom stereocenters. The van der Waals surface area contributed by atoms with E-state index in [1.165, 1.54) is 161 Å². The standard InChI is InChI=1S/C46H91NO4/c1-6-9-12-15-18-21-24-27-32-43(41-51-46(4,49)44-36-38-47(5)39-37-44)33-28-35-45(48)50-40-29-34-42(30-25-22-19-16-13-10-7-2)31-26-23-20-17-14-11-8-3/h42-44,49H,6-41H2,1-5H3. The zero-order chi connectivity index (χ0) is 37.3. The lowest BCUT2D eigenvalue weighted by Crippen LogP contribution is -2.44. The number of aliphatic hydroxyl groups is 1. The van der Waals surface area contributed by atoms with Gasteiger partial charge in [-0.2, -0.15) is 0 Å². The lowest BCUT2D eigenvalue weighted by atomic mass is 9.89. The van der Waals surface area contributed by atoms with E-state index in [-0.39, 0.29) is 11.9 Å². The van der Waals surface area contributed by atoms with E-state index in [0.717, 1.165) is 57.5 Å². The summed E-state index contributed by atoms with van der Waals surface area (Å²) < 4.78 is 12.1. The van der Waals surface area contributed by atoms with Crippen LogP contribution < -0.4 is 0 Å². The molecular weight excluding hydrogens is 631 g/mol. The van der Waals surface area contributed by atoms with Gasteiger partial charge in [0.15, 0.2) is 5.79 Å². The van der Waals surface area contributed by atoms with Gasteiger partial charge in [0.1, 0.15) is 0 Å². The number of esters is 1. The second-order valence-electron chi connectivity index (χ2n) is 17.0. The van der Waals surface area contributed by atoms with E-state index < -0.39 is 5.79 Å². The minimum atomic E-state index is -1.07. The lowest BCUT2D eigenvalue weighted by Gasteiger charge is -2.38. The molecule has 1 fully saturated rings. The van der Waals surface area contributed by atoms with Crippen LogP contribution in [0.15, 0.2) is 0 Å². The van der Waals surface area contributed by atoms with Crippen LogP contribution in [0.3, 0.4) is 0 Å².